The predicted octanol–water partition coefficient (Wildman–Crippen LogP) is 9.25. The Labute approximate surface area is 361 Å². The third-order valence-electron chi connectivity index (χ3n) is 11.5. The van der Waals surface area contributed by atoms with Gasteiger partial charge in [0.1, 0.15) is 17.2 Å². The molecule has 1 fully saturated rings. The van der Waals surface area contributed by atoms with Crippen molar-refractivity contribution < 1.29 is 28.0 Å². The molecule has 1 saturated heterocycles. The number of benzene rings is 4. The maximum atomic E-state index is 13.9. The lowest BCUT2D eigenvalue weighted by Gasteiger charge is -2.39. The summed E-state index contributed by atoms with van der Waals surface area (Å²) in [5.41, 5.74) is 5.56. The van der Waals surface area contributed by atoms with Crippen LogP contribution in [0, 0.1) is 21.4 Å². The van der Waals surface area contributed by atoms with Crippen LogP contribution in [0.25, 0.3) is 16.5 Å². The summed E-state index contributed by atoms with van der Waals surface area (Å²) in [5.74, 6) is -0.169. The number of aliphatic hydroxyl groups excluding tert-OH is 1. The fourth-order valence-electron chi connectivity index (χ4n) is 8.26. The van der Waals surface area contributed by atoms with E-state index in [2.05, 4.69) is 50.8 Å². The number of hydrogen-bond acceptors (Lipinski definition) is 10. The molecule has 0 spiro atoms. The molecule has 15 heteroatoms. The van der Waals surface area contributed by atoms with E-state index >= 15 is 0 Å². The van der Waals surface area contributed by atoms with Crippen molar-refractivity contribution in [2.45, 2.75) is 64.3 Å². The van der Waals surface area contributed by atoms with Crippen LogP contribution in [0.4, 0.5) is 17.1 Å². The first-order chi connectivity index (χ1) is 29.1. The number of halogens is 1. The number of anilines is 2. The highest BCUT2D eigenvalue weighted by atomic mass is 35.5. The number of nitrogens with zero attached hydrogens (tertiary/aromatic N) is 3. The molecule has 0 saturated carbocycles. The molecule has 4 aromatic carbocycles. The van der Waals surface area contributed by atoms with Gasteiger partial charge in [-0.15, -0.1) is 0 Å². The first-order valence-electron chi connectivity index (χ1n) is 20.6. The molecule has 1 amide bonds. The lowest BCUT2D eigenvalue weighted by atomic mass is 9.72. The third kappa shape index (κ3) is 10.6. The lowest BCUT2D eigenvalue weighted by Crippen LogP contribution is -2.47. The van der Waals surface area contributed by atoms with Crippen LogP contribution < -0.4 is 19.7 Å². The van der Waals surface area contributed by atoms with Crippen molar-refractivity contribution >= 4 is 61.1 Å². The number of piperazine rings is 1. The van der Waals surface area contributed by atoms with Crippen molar-refractivity contribution in [3.8, 4) is 11.5 Å². The van der Waals surface area contributed by atoms with Gasteiger partial charge in [-0.3, -0.25) is 19.8 Å². The number of allylic oxidation sites excluding steroid dienone is 1. The standard InChI is InChI=1S/C46H53ClN6O7S/c1-30(2)23-35(29-54)49-42-14-11-38(26-43(42)53(56)57)61(58,59)50-45(55)39-12-9-36(25-44(39)60-37-10-13-41-32(24-37)16-18-48-41)52-21-19-51(20-22-52)28-33-15-17-46(3,4)27-40(33)31-5-7-34(47)8-6-31/h5-14,16,18,24-26,30,35,48-49,54H,15,17,19-23,27-29H2,1-4H3,(H,50,55). The summed E-state index contributed by atoms with van der Waals surface area (Å²) in [6.45, 7) is 12.3. The molecule has 1 aliphatic heterocycles. The summed E-state index contributed by atoms with van der Waals surface area (Å²) in [6, 6.07) is 23.5. The number of carbonyl (C=O) groups excluding carboxylic acids is 1. The van der Waals surface area contributed by atoms with Crippen LogP contribution in [0.3, 0.4) is 0 Å². The number of nitro groups is 1. The van der Waals surface area contributed by atoms with E-state index in [4.69, 9.17) is 16.3 Å². The molecule has 13 nitrogen and oxygen atoms in total. The minimum atomic E-state index is -4.59. The zero-order valence-corrected chi connectivity index (χ0v) is 36.5. The molecule has 5 aromatic rings. The Morgan fingerprint density at radius 1 is 1.00 bits per heavy atom. The summed E-state index contributed by atoms with van der Waals surface area (Å²) in [4.78, 5) is 32.7. The van der Waals surface area contributed by atoms with Gasteiger partial charge in [0, 0.05) is 78.7 Å². The number of nitrogens with one attached hydrogen (secondary N) is 3. The van der Waals surface area contributed by atoms with Crippen molar-refractivity contribution in [3.05, 3.63) is 123 Å². The summed E-state index contributed by atoms with van der Waals surface area (Å²) < 4.78 is 35.8. The molecule has 322 valence electrons. The highest BCUT2D eigenvalue weighted by Crippen LogP contribution is 2.43. The lowest BCUT2D eigenvalue weighted by molar-refractivity contribution is -0.384. The van der Waals surface area contributed by atoms with Gasteiger partial charge >= 0.3 is 0 Å². The molecule has 1 aliphatic carbocycles. The third-order valence-corrected chi connectivity index (χ3v) is 13.1. The highest BCUT2D eigenvalue weighted by molar-refractivity contribution is 7.90. The molecule has 2 heterocycles. The molecule has 7 rings (SSSR count). The van der Waals surface area contributed by atoms with E-state index < -0.39 is 37.5 Å². The van der Waals surface area contributed by atoms with E-state index in [-0.39, 0.29) is 34.9 Å². The molecule has 1 aromatic heterocycles. The number of carbonyl (C=O) groups is 1. The fourth-order valence-corrected chi connectivity index (χ4v) is 9.37. The summed E-state index contributed by atoms with van der Waals surface area (Å²) in [6.07, 6.45) is 5.54. The molecule has 4 N–H and O–H groups in total. The maximum Gasteiger partial charge on any atom is 0.293 e. The number of amides is 1. The first-order valence-corrected chi connectivity index (χ1v) is 22.5. The van der Waals surface area contributed by atoms with Crippen LogP contribution >= 0.6 is 11.6 Å². The number of aromatic nitrogens is 1. The molecule has 1 unspecified atom stereocenters. The van der Waals surface area contributed by atoms with Crippen LogP contribution in [-0.4, -0.2) is 79.6 Å². The number of rotatable bonds is 15. The second kappa shape index (κ2) is 18.3. The quantitative estimate of drug-likeness (QED) is 0.0588. The van der Waals surface area contributed by atoms with Gasteiger partial charge in [0.15, 0.2) is 0 Å². The Bertz CT molecular complexity index is 2550. The molecule has 0 bridgehead atoms. The number of fused-ring (bicyclic) bond motifs is 1. The number of ether oxygens (including phenoxy) is 1. The Hall–Kier alpha value is -5.41. The molecular weight excluding hydrogens is 816 g/mol. The number of sulfonamides is 1. The first kappa shape index (κ1) is 43.7. The number of aromatic amines is 1. The maximum absolute atomic E-state index is 13.9. The fraction of sp³-hybridized carbons (Fsp3) is 0.370. The minimum Gasteiger partial charge on any atom is -0.456 e. The monoisotopic (exact) mass is 868 g/mol. The Kier molecular flexibility index (Phi) is 13.1. The van der Waals surface area contributed by atoms with Gasteiger partial charge in [0.2, 0.25) is 0 Å². The summed E-state index contributed by atoms with van der Waals surface area (Å²) in [7, 11) is -4.59. The predicted molar refractivity (Wildman–Crippen MR) is 241 cm³/mol. The normalized spacial score (nSPS) is 16.5. The number of aliphatic hydroxyl groups is 1. The Morgan fingerprint density at radius 2 is 1.75 bits per heavy atom. The molecule has 61 heavy (non-hydrogen) atoms. The number of nitro benzene ring substituents is 1. The second-order valence-corrected chi connectivity index (χ2v) is 19.3. The van der Waals surface area contributed by atoms with E-state index in [0.29, 0.717) is 12.2 Å². The van der Waals surface area contributed by atoms with Gasteiger partial charge in [-0.1, -0.05) is 57.0 Å². The topological polar surface area (TPSA) is 170 Å². The average molecular weight is 869 g/mol. The minimum absolute atomic E-state index is 0.0331. The van der Waals surface area contributed by atoms with Crippen LogP contribution in [0.5, 0.6) is 11.5 Å². The second-order valence-electron chi connectivity index (χ2n) is 17.2. The molecule has 1 atom stereocenters. The van der Waals surface area contributed by atoms with E-state index in [9.17, 15) is 28.4 Å². The van der Waals surface area contributed by atoms with Crippen molar-refractivity contribution in [1.29, 1.82) is 0 Å². The smallest absolute Gasteiger partial charge is 0.293 e. The van der Waals surface area contributed by atoms with Crippen LogP contribution in [0.15, 0.2) is 102 Å². The van der Waals surface area contributed by atoms with E-state index in [1.165, 1.54) is 28.8 Å². The number of H-pyrrole nitrogens is 1. The zero-order valence-electron chi connectivity index (χ0n) is 34.9. The van der Waals surface area contributed by atoms with Gasteiger partial charge in [0.25, 0.3) is 21.6 Å². The van der Waals surface area contributed by atoms with E-state index in [1.807, 2.05) is 50.4 Å². The van der Waals surface area contributed by atoms with Gasteiger partial charge in [-0.25, -0.2) is 13.1 Å². The zero-order chi connectivity index (χ0) is 43.5. The van der Waals surface area contributed by atoms with E-state index in [1.54, 1.807) is 24.3 Å². The number of hydrogen-bond donors (Lipinski definition) is 4. The van der Waals surface area contributed by atoms with Crippen molar-refractivity contribution in [2.24, 2.45) is 11.3 Å². The van der Waals surface area contributed by atoms with Crippen LogP contribution in [-0.2, 0) is 10.0 Å². The molecular formula is C46H53ClN6O7S. The van der Waals surface area contributed by atoms with E-state index in [0.717, 1.165) is 79.7 Å². The average Bonchev–Trinajstić information content (AvgIpc) is 3.69. The Balaban J connectivity index is 1.11. The van der Waals surface area contributed by atoms with Crippen LogP contribution in [0.1, 0.15) is 69.3 Å². The molecule has 2 aliphatic rings. The van der Waals surface area contributed by atoms with Crippen molar-refractivity contribution in [1.82, 2.24) is 14.6 Å². The summed E-state index contributed by atoms with van der Waals surface area (Å²) in [5, 5.41) is 26.5. The molecule has 0 radical (unpaired) electrons. The van der Waals surface area contributed by atoms with Gasteiger partial charge in [-0.2, -0.15) is 0 Å². The van der Waals surface area contributed by atoms with Gasteiger partial charge in [-0.05, 0) is 109 Å². The van der Waals surface area contributed by atoms with Gasteiger partial charge < -0.3 is 25.0 Å². The van der Waals surface area contributed by atoms with Gasteiger partial charge in [0.05, 0.1) is 22.0 Å². The Morgan fingerprint density at radius 3 is 2.46 bits per heavy atom. The van der Waals surface area contributed by atoms with Crippen molar-refractivity contribution in [2.75, 3.05) is 49.5 Å². The van der Waals surface area contributed by atoms with Crippen LogP contribution in [0.2, 0.25) is 5.02 Å². The highest BCUT2D eigenvalue weighted by Gasteiger charge is 2.31. The largest absolute Gasteiger partial charge is 0.456 e. The SMILES string of the molecule is CC(C)CC(CO)Nc1ccc(S(=O)(=O)NC(=O)c2ccc(N3CCN(CC4=C(c5ccc(Cl)cc5)CC(C)(C)CC4)CC3)cc2Oc2ccc3[nH]ccc3c2)cc1[N+](=O)[O-]. The summed E-state index contributed by atoms with van der Waals surface area (Å²) >= 11 is 6.24. The van der Waals surface area contributed by atoms with Crippen molar-refractivity contribution in [3.63, 3.8) is 0 Å².